The van der Waals surface area contributed by atoms with Gasteiger partial charge in [0.2, 0.25) is 5.90 Å². The third-order valence-electron chi connectivity index (χ3n) is 8.12. The molecule has 224 valence electrons. The van der Waals surface area contributed by atoms with Crippen molar-refractivity contribution in [1.82, 2.24) is 4.90 Å². The summed E-state index contributed by atoms with van der Waals surface area (Å²) in [6.45, 7) is 22.2. The number of hydrogen-bond acceptors (Lipinski definition) is 7. The summed E-state index contributed by atoms with van der Waals surface area (Å²) in [6.07, 6.45) is 5.71. The summed E-state index contributed by atoms with van der Waals surface area (Å²) >= 11 is 0. The normalized spacial score (nSPS) is 23.2. The van der Waals surface area contributed by atoms with Crippen LogP contribution in [0.25, 0.3) is 0 Å². The first-order valence-electron chi connectivity index (χ1n) is 14.8. The van der Waals surface area contributed by atoms with Gasteiger partial charge in [-0.15, -0.1) is 0 Å². The molecular weight excluding hydrogens is 516 g/mol. The number of hydrogen-bond donors (Lipinski definition) is 0. The maximum Gasteiger partial charge on any atom is 0.320 e. The Morgan fingerprint density at radius 2 is 1.73 bits per heavy atom. The number of ether oxygens (including phenoxy) is 3. The standard InChI is InChI=1S/C34H48N2O5/c1-20-12-25-16-26(25)27(13-20)31-35-28(34(10,11)41-31)18-36(19-29(38)39-32(5,6)7)17-24-14-21(2)30(22(3)15-24)40-33(8,9)23(4)37/h12-15,25-26,28H,16-19H2,1-11H3. The molecule has 3 aliphatic rings. The van der Waals surface area contributed by atoms with Crippen LogP contribution in [0.5, 0.6) is 5.75 Å². The number of benzene rings is 1. The molecule has 1 aromatic carbocycles. The van der Waals surface area contributed by atoms with Gasteiger partial charge in [-0.25, -0.2) is 4.99 Å². The Morgan fingerprint density at radius 3 is 2.32 bits per heavy atom. The molecule has 3 atom stereocenters. The highest BCUT2D eigenvalue weighted by atomic mass is 16.6. The Kier molecular flexibility index (Phi) is 8.36. The number of aliphatic imine (C=N–C) groups is 1. The molecule has 1 saturated carbocycles. The van der Waals surface area contributed by atoms with Gasteiger partial charge in [-0.2, -0.15) is 0 Å². The van der Waals surface area contributed by atoms with Crippen molar-refractivity contribution < 1.29 is 23.8 Å². The summed E-state index contributed by atoms with van der Waals surface area (Å²) in [5.41, 5.74) is 3.43. The highest BCUT2D eigenvalue weighted by Crippen LogP contribution is 2.50. The van der Waals surface area contributed by atoms with Gasteiger partial charge in [-0.1, -0.05) is 29.9 Å². The van der Waals surface area contributed by atoms with Crippen molar-refractivity contribution in [2.45, 2.75) is 112 Å². The van der Waals surface area contributed by atoms with E-state index in [9.17, 15) is 9.59 Å². The summed E-state index contributed by atoms with van der Waals surface area (Å²) in [4.78, 5) is 32.3. The van der Waals surface area contributed by atoms with Crippen molar-refractivity contribution in [3.05, 3.63) is 52.1 Å². The van der Waals surface area contributed by atoms with Crippen LogP contribution in [0, 0.1) is 25.7 Å². The largest absolute Gasteiger partial charge is 0.480 e. The number of carbonyl (C=O) groups is 2. The molecule has 41 heavy (non-hydrogen) atoms. The van der Waals surface area contributed by atoms with Crippen molar-refractivity contribution in [1.29, 1.82) is 0 Å². The summed E-state index contributed by atoms with van der Waals surface area (Å²) in [6, 6.07) is 3.99. The molecule has 0 N–H and O–H groups in total. The van der Waals surface area contributed by atoms with E-state index >= 15 is 0 Å². The van der Waals surface area contributed by atoms with Crippen molar-refractivity contribution in [2.75, 3.05) is 13.1 Å². The molecule has 2 aliphatic carbocycles. The molecule has 1 aromatic rings. The number of nitrogens with zero attached hydrogens (tertiary/aromatic N) is 2. The highest BCUT2D eigenvalue weighted by Gasteiger charge is 2.47. The van der Waals surface area contributed by atoms with E-state index in [0.29, 0.717) is 24.9 Å². The van der Waals surface area contributed by atoms with Crippen LogP contribution in [-0.2, 0) is 25.6 Å². The molecule has 0 aromatic heterocycles. The van der Waals surface area contributed by atoms with E-state index in [1.54, 1.807) is 20.8 Å². The molecule has 0 saturated heterocycles. The van der Waals surface area contributed by atoms with Crippen LogP contribution in [0.1, 0.15) is 85.4 Å². The Labute approximate surface area is 246 Å². The van der Waals surface area contributed by atoms with Crippen LogP contribution in [-0.4, -0.2) is 58.5 Å². The average Bonchev–Trinajstić information content (AvgIpc) is 3.51. The first-order chi connectivity index (χ1) is 18.8. The average molecular weight is 565 g/mol. The van der Waals surface area contributed by atoms with Crippen LogP contribution < -0.4 is 4.74 Å². The van der Waals surface area contributed by atoms with E-state index in [4.69, 9.17) is 19.2 Å². The molecule has 0 bridgehead atoms. The van der Waals surface area contributed by atoms with E-state index in [-0.39, 0.29) is 24.3 Å². The van der Waals surface area contributed by atoms with E-state index in [2.05, 4.69) is 50.0 Å². The maximum absolute atomic E-state index is 13.0. The quantitative estimate of drug-likeness (QED) is 0.311. The molecule has 0 radical (unpaired) electrons. The molecule has 3 unspecified atom stereocenters. The van der Waals surface area contributed by atoms with Crippen molar-refractivity contribution in [3.8, 4) is 5.75 Å². The predicted molar refractivity (Wildman–Crippen MR) is 162 cm³/mol. The zero-order valence-corrected chi connectivity index (χ0v) is 26.8. The zero-order valence-electron chi connectivity index (χ0n) is 26.8. The van der Waals surface area contributed by atoms with Gasteiger partial charge in [-0.05, 0) is 111 Å². The summed E-state index contributed by atoms with van der Waals surface area (Å²) in [5, 5.41) is 0. The maximum atomic E-state index is 13.0. The number of ketones is 1. The van der Waals surface area contributed by atoms with E-state index in [0.717, 1.165) is 34.8 Å². The first-order valence-corrected chi connectivity index (χ1v) is 14.8. The summed E-state index contributed by atoms with van der Waals surface area (Å²) < 4.78 is 18.3. The topological polar surface area (TPSA) is 77.4 Å². The Bertz CT molecular complexity index is 1290. The smallest absolute Gasteiger partial charge is 0.320 e. The number of esters is 1. The number of rotatable bonds is 10. The number of carbonyl (C=O) groups excluding carboxylic acids is 2. The lowest BCUT2D eigenvalue weighted by atomic mass is 9.98. The monoisotopic (exact) mass is 564 g/mol. The minimum absolute atomic E-state index is 0.0300. The molecule has 7 nitrogen and oxygen atoms in total. The Hall–Kier alpha value is -2.93. The summed E-state index contributed by atoms with van der Waals surface area (Å²) in [5.74, 6) is 2.27. The van der Waals surface area contributed by atoms with Crippen LogP contribution >= 0.6 is 0 Å². The number of allylic oxidation sites excluding steroid dienone is 3. The van der Waals surface area contributed by atoms with Gasteiger partial charge >= 0.3 is 5.97 Å². The molecule has 1 fully saturated rings. The van der Waals surface area contributed by atoms with Crippen LogP contribution in [0.3, 0.4) is 0 Å². The molecule has 1 aliphatic heterocycles. The molecule has 7 heteroatoms. The lowest BCUT2D eigenvalue weighted by molar-refractivity contribution is -0.156. The molecule has 0 spiro atoms. The molecular formula is C34H48N2O5. The number of Topliss-reactive ketones (excluding diaryl/α,β-unsaturated/α-hetero) is 1. The second-order valence-electron chi connectivity index (χ2n) is 14.2. The lowest BCUT2D eigenvalue weighted by Crippen LogP contribution is -2.44. The predicted octanol–water partition coefficient (Wildman–Crippen LogP) is 6.29. The third-order valence-corrected chi connectivity index (χ3v) is 8.12. The van der Waals surface area contributed by atoms with E-state index in [1.165, 1.54) is 11.1 Å². The van der Waals surface area contributed by atoms with Crippen molar-refractivity contribution in [2.24, 2.45) is 16.8 Å². The van der Waals surface area contributed by atoms with Gasteiger partial charge in [0.05, 0.1) is 6.54 Å². The highest BCUT2D eigenvalue weighted by molar-refractivity contribution is 5.97. The van der Waals surface area contributed by atoms with E-state index in [1.807, 2.05) is 34.6 Å². The molecule has 4 rings (SSSR count). The fourth-order valence-corrected chi connectivity index (χ4v) is 5.61. The Morgan fingerprint density at radius 1 is 1.10 bits per heavy atom. The molecule has 0 amide bonds. The van der Waals surface area contributed by atoms with Gasteiger partial charge in [-0.3, -0.25) is 14.5 Å². The second kappa shape index (κ2) is 11.0. The number of aryl methyl sites for hydroxylation is 2. The van der Waals surface area contributed by atoms with Crippen molar-refractivity contribution >= 4 is 17.7 Å². The lowest BCUT2D eigenvalue weighted by Gasteiger charge is -2.31. The van der Waals surface area contributed by atoms with Crippen LogP contribution in [0.15, 0.2) is 40.4 Å². The SMILES string of the molecule is CC(=O)C(C)(C)Oc1c(C)cc(CN(CC(=O)OC(C)(C)C)CC2N=C(C3=CC(C)=CC4CC34)OC2(C)C)cc1C. The first kappa shape index (κ1) is 31.0. The zero-order chi connectivity index (χ0) is 30.5. The van der Waals surface area contributed by atoms with Crippen LogP contribution in [0.2, 0.25) is 0 Å². The van der Waals surface area contributed by atoms with Gasteiger partial charge in [0.15, 0.2) is 11.4 Å². The van der Waals surface area contributed by atoms with Gasteiger partial charge < -0.3 is 14.2 Å². The fraction of sp³-hybridized carbons (Fsp3) is 0.618. The van der Waals surface area contributed by atoms with Crippen molar-refractivity contribution in [3.63, 3.8) is 0 Å². The third kappa shape index (κ3) is 7.48. The Balaban J connectivity index is 1.58. The summed E-state index contributed by atoms with van der Waals surface area (Å²) in [7, 11) is 0. The minimum atomic E-state index is -0.911. The second-order valence-corrected chi connectivity index (χ2v) is 14.2. The van der Waals surface area contributed by atoms with Crippen LogP contribution in [0.4, 0.5) is 0 Å². The van der Waals surface area contributed by atoms with Gasteiger partial charge in [0.25, 0.3) is 0 Å². The fourth-order valence-electron chi connectivity index (χ4n) is 5.61. The van der Waals surface area contributed by atoms with Gasteiger partial charge in [0, 0.05) is 18.7 Å². The van der Waals surface area contributed by atoms with Gasteiger partial charge in [0.1, 0.15) is 23.0 Å². The molecule has 1 heterocycles. The van der Waals surface area contributed by atoms with E-state index < -0.39 is 16.8 Å². The number of fused-ring (bicyclic) bond motifs is 1. The minimum Gasteiger partial charge on any atom is -0.480 e.